The molecule has 0 atom stereocenters. The predicted octanol–water partition coefficient (Wildman–Crippen LogP) is 4.24. The van der Waals surface area contributed by atoms with Gasteiger partial charge in [-0.2, -0.15) is 0 Å². The molecule has 0 aliphatic carbocycles. The number of anilines is 2. The van der Waals surface area contributed by atoms with E-state index >= 15 is 0 Å². The highest BCUT2D eigenvalue weighted by Gasteiger charge is 2.20. The van der Waals surface area contributed by atoms with Gasteiger partial charge in [-0.05, 0) is 36.8 Å². The van der Waals surface area contributed by atoms with Gasteiger partial charge in [0.05, 0.1) is 12.6 Å². The fourth-order valence-electron chi connectivity index (χ4n) is 3.65. The van der Waals surface area contributed by atoms with Crippen molar-refractivity contribution in [3.8, 4) is 11.5 Å². The molecule has 5 nitrogen and oxygen atoms in total. The lowest BCUT2D eigenvalue weighted by Crippen LogP contribution is -2.46. The summed E-state index contributed by atoms with van der Waals surface area (Å²) in [5.41, 5.74) is 2.91. The standard InChI is InChI=1S/C21H22ClN3O2/c1-14-10-20(23-18-12-17(27-2)13-19(26)21(14)18)25-8-6-24(7-9-25)16-5-3-4-15(22)11-16/h3-5,10-13,26H,6-9H2,1-2H3. The summed E-state index contributed by atoms with van der Waals surface area (Å²) in [7, 11) is 1.59. The third kappa shape index (κ3) is 3.47. The van der Waals surface area contributed by atoms with E-state index in [9.17, 15) is 5.11 Å². The van der Waals surface area contributed by atoms with Gasteiger partial charge in [0, 0.05) is 54.4 Å². The van der Waals surface area contributed by atoms with Crippen LogP contribution in [0.4, 0.5) is 11.5 Å². The summed E-state index contributed by atoms with van der Waals surface area (Å²) in [5, 5.41) is 11.8. The molecule has 1 saturated heterocycles. The third-order valence-corrected chi connectivity index (χ3v) is 5.29. The average Bonchev–Trinajstić information content (AvgIpc) is 2.67. The number of pyridine rings is 1. The predicted molar refractivity (Wildman–Crippen MR) is 111 cm³/mol. The quantitative estimate of drug-likeness (QED) is 0.733. The molecular weight excluding hydrogens is 362 g/mol. The molecule has 6 heteroatoms. The Kier molecular flexibility index (Phi) is 4.70. The Hall–Kier alpha value is -2.66. The molecule has 1 aliphatic rings. The first kappa shape index (κ1) is 17.7. The largest absolute Gasteiger partial charge is 0.507 e. The van der Waals surface area contributed by atoms with Gasteiger partial charge < -0.3 is 19.6 Å². The number of phenolic OH excluding ortho intramolecular Hbond substituents is 1. The Bertz CT molecular complexity index is 985. The number of piperazine rings is 1. The van der Waals surface area contributed by atoms with Gasteiger partial charge in [-0.25, -0.2) is 4.98 Å². The van der Waals surface area contributed by atoms with Gasteiger partial charge in [0.1, 0.15) is 17.3 Å². The monoisotopic (exact) mass is 383 g/mol. The Morgan fingerprint density at radius 2 is 1.78 bits per heavy atom. The van der Waals surface area contributed by atoms with Crippen molar-refractivity contribution in [2.45, 2.75) is 6.92 Å². The van der Waals surface area contributed by atoms with E-state index in [1.54, 1.807) is 13.2 Å². The van der Waals surface area contributed by atoms with Crippen LogP contribution in [0.5, 0.6) is 11.5 Å². The summed E-state index contributed by atoms with van der Waals surface area (Å²) >= 11 is 6.12. The summed E-state index contributed by atoms with van der Waals surface area (Å²) in [6.07, 6.45) is 0. The van der Waals surface area contributed by atoms with Crippen LogP contribution in [0.25, 0.3) is 10.9 Å². The Morgan fingerprint density at radius 1 is 1.04 bits per heavy atom. The number of aryl methyl sites for hydroxylation is 1. The number of hydrogen-bond acceptors (Lipinski definition) is 5. The van der Waals surface area contributed by atoms with Crippen LogP contribution in [0.15, 0.2) is 42.5 Å². The first-order chi connectivity index (χ1) is 13.0. The lowest BCUT2D eigenvalue weighted by atomic mass is 10.1. The molecule has 0 amide bonds. The lowest BCUT2D eigenvalue weighted by molar-refractivity contribution is 0.409. The summed E-state index contributed by atoms with van der Waals surface area (Å²) in [6, 6.07) is 13.5. The minimum Gasteiger partial charge on any atom is -0.507 e. The number of halogens is 1. The minimum atomic E-state index is 0.201. The Labute approximate surface area is 163 Å². The number of phenols is 1. The van der Waals surface area contributed by atoms with E-state index in [0.29, 0.717) is 5.75 Å². The maximum absolute atomic E-state index is 10.3. The van der Waals surface area contributed by atoms with E-state index in [2.05, 4.69) is 15.9 Å². The van der Waals surface area contributed by atoms with Crippen molar-refractivity contribution < 1.29 is 9.84 Å². The molecule has 1 N–H and O–H groups in total. The molecule has 0 bridgehead atoms. The van der Waals surface area contributed by atoms with Crippen molar-refractivity contribution in [3.05, 3.63) is 53.1 Å². The van der Waals surface area contributed by atoms with Crippen LogP contribution in [0.2, 0.25) is 5.02 Å². The van der Waals surface area contributed by atoms with Crippen LogP contribution in [0.1, 0.15) is 5.56 Å². The molecule has 140 valence electrons. The summed E-state index contributed by atoms with van der Waals surface area (Å²) in [6.45, 7) is 5.56. The lowest BCUT2D eigenvalue weighted by Gasteiger charge is -2.37. The van der Waals surface area contributed by atoms with E-state index in [0.717, 1.165) is 59.2 Å². The number of hydrogen-bond donors (Lipinski definition) is 1. The molecule has 3 aromatic rings. The Balaban J connectivity index is 1.58. The zero-order valence-electron chi connectivity index (χ0n) is 15.4. The number of fused-ring (bicyclic) bond motifs is 1. The molecule has 27 heavy (non-hydrogen) atoms. The highest BCUT2D eigenvalue weighted by atomic mass is 35.5. The van der Waals surface area contributed by atoms with Crippen LogP contribution >= 0.6 is 11.6 Å². The molecular formula is C21H22ClN3O2. The number of rotatable bonds is 3. The Morgan fingerprint density at radius 3 is 2.48 bits per heavy atom. The maximum atomic E-state index is 10.3. The van der Waals surface area contributed by atoms with Crippen LogP contribution in [0.3, 0.4) is 0 Å². The SMILES string of the molecule is COc1cc(O)c2c(C)cc(N3CCN(c4cccc(Cl)c4)CC3)nc2c1. The van der Waals surface area contributed by atoms with Crippen molar-refractivity contribution in [1.82, 2.24) is 4.98 Å². The topological polar surface area (TPSA) is 48.8 Å². The van der Waals surface area contributed by atoms with Crippen LogP contribution < -0.4 is 14.5 Å². The van der Waals surface area contributed by atoms with Crippen LogP contribution in [0, 0.1) is 6.92 Å². The van der Waals surface area contributed by atoms with Gasteiger partial charge in [0.25, 0.3) is 0 Å². The van der Waals surface area contributed by atoms with Gasteiger partial charge >= 0.3 is 0 Å². The highest BCUT2D eigenvalue weighted by molar-refractivity contribution is 6.30. The second kappa shape index (κ2) is 7.16. The van der Waals surface area contributed by atoms with E-state index in [1.165, 1.54) is 0 Å². The molecule has 1 aromatic heterocycles. The molecule has 0 radical (unpaired) electrons. The molecule has 2 aromatic carbocycles. The van der Waals surface area contributed by atoms with Gasteiger partial charge in [-0.1, -0.05) is 17.7 Å². The zero-order valence-corrected chi connectivity index (χ0v) is 16.2. The fraction of sp³-hybridized carbons (Fsp3) is 0.286. The number of benzene rings is 2. The number of aromatic nitrogens is 1. The van der Waals surface area contributed by atoms with Gasteiger partial charge in [-0.3, -0.25) is 0 Å². The molecule has 0 unspecified atom stereocenters. The molecule has 1 aliphatic heterocycles. The van der Waals surface area contributed by atoms with E-state index < -0.39 is 0 Å². The average molecular weight is 384 g/mol. The summed E-state index contributed by atoms with van der Waals surface area (Å²) in [4.78, 5) is 9.41. The number of nitrogens with zero attached hydrogens (tertiary/aromatic N) is 3. The number of methoxy groups -OCH3 is 1. The summed E-state index contributed by atoms with van der Waals surface area (Å²) in [5.74, 6) is 1.74. The molecule has 4 rings (SSSR count). The molecule has 0 spiro atoms. The zero-order chi connectivity index (χ0) is 19.0. The smallest absolute Gasteiger partial charge is 0.129 e. The van der Waals surface area contributed by atoms with Crippen molar-refractivity contribution in [2.24, 2.45) is 0 Å². The van der Waals surface area contributed by atoms with Crippen LogP contribution in [-0.4, -0.2) is 43.4 Å². The van der Waals surface area contributed by atoms with Gasteiger partial charge in [0.2, 0.25) is 0 Å². The third-order valence-electron chi connectivity index (χ3n) is 5.06. The fourth-order valence-corrected chi connectivity index (χ4v) is 3.83. The molecule has 1 fully saturated rings. The number of aromatic hydroxyl groups is 1. The van der Waals surface area contributed by atoms with Crippen molar-refractivity contribution in [3.63, 3.8) is 0 Å². The van der Waals surface area contributed by atoms with Crippen molar-refractivity contribution >= 4 is 34.0 Å². The van der Waals surface area contributed by atoms with E-state index in [1.807, 2.05) is 37.3 Å². The highest BCUT2D eigenvalue weighted by Crippen LogP contribution is 2.34. The number of ether oxygens (including phenoxy) is 1. The van der Waals surface area contributed by atoms with Gasteiger partial charge in [-0.15, -0.1) is 0 Å². The van der Waals surface area contributed by atoms with Crippen molar-refractivity contribution in [1.29, 1.82) is 0 Å². The van der Waals surface area contributed by atoms with E-state index in [4.69, 9.17) is 21.3 Å². The first-order valence-corrected chi connectivity index (χ1v) is 9.37. The maximum Gasteiger partial charge on any atom is 0.129 e. The summed E-state index contributed by atoms with van der Waals surface area (Å²) < 4.78 is 5.27. The van der Waals surface area contributed by atoms with Crippen molar-refractivity contribution in [2.75, 3.05) is 43.1 Å². The van der Waals surface area contributed by atoms with Crippen LogP contribution in [-0.2, 0) is 0 Å². The second-order valence-electron chi connectivity index (χ2n) is 6.79. The second-order valence-corrected chi connectivity index (χ2v) is 7.23. The first-order valence-electron chi connectivity index (χ1n) is 8.99. The van der Waals surface area contributed by atoms with E-state index in [-0.39, 0.29) is 5.75 Å². The van der Waals surface area contributed by atoms with Gasteiger partial charge in [0.15, 0.2) is 0 Å². The normalized spacial score (nSPS) is 14.6. The molecule has 0 saturated carbocycles. The minimum absolute atomic E-state index is 0.201. The molecule has 2 heterocycles.